The number of allylic oxidation sites excluding steroid dienone is 1. The first-order valence-corrected chi connectivity index (χ1v) is 9.70. The molecule has 2 aromatic carbocycles. The van der Waals surface area contributed by atoms with Crippen LogP contribution in [0.15, 0.2) is 82.2 Å². The van der Waals surface area contributed by atoms with Gasteiger partial charge in [0.15, 0.2) is 11.3 Å². The minimum atomic E-state index is -0.402. The Morgan fingerprint density at radius 2 is 1.93 bits per heavy atom. The Balaban J connectivity index is 1.38. The molecule has 0 aliphatic carbocycles. The topological polar surface area (TPSA) is 77.5 Å². The van der Waals surface area contributed by atoms with E-state index in [0.29, 0.717) is 17.2 Å². The average Bonchev–Trinajstić information content (AvgIpc) is 3.40. The number of ether oxygens (including phenoxy) is 1. The van der Waals surface area contributed by atoms with Crippen molar-refractivity contribution in [2.45, 2.75) is 26.0 Å². The van der Waals surface area contributed by atoms with E-state index in [1.54, 1.807) is 12.1 Å². The molecule has 1 unspecified atom stereocenters. The van der Waals surface area contributed by atoms with Crippen LogP contribution in [0.3, 0.4) is 0 Å². The van der Waals surface area contributed by atoms with E-state index in [-0.39, 0.29) is 18.3 Å². The van der Waals surface area contributed by atoms with Gasteiger partial charge in [-0.25, -0.2) is 4.98 Å². The van der Waals surface area contributed by atoms with E-state index >= 15 is 0 Å². The zero-order chi connectivity index (χ0) is 20.9. The Labute approximate surface area is 174 Å². The molecule has 2 aromatic heterocycles. The molecule has 2 heterocycles. The number of carbonyl (C=O) groups excluding carboxylic acids is 1. The van der Waals surface area contributed by atoms with Gasteiger partial charge in [-0.15, -0.1) is 6.58 Å². The normalized spacial score (nSPS) is 11.9. The Morgan fingerprint density at radius 3 is 2.77 bits per heavy atom. The number of hydrogen-bond donors (Lipinski definition) is 1. The number of nitrogens with zero attached hydrogens (tertiary/aromatic N) is 1. The molecule has 30 heavy (non-hydrogen) atoms. The van der Waals surface area contributed by atoms with Gasteiger partial charge in [0.25, 0.3) is 5.91 Å². The fraction of sp³-hybridized carbons (Fsp3) is 0.167. The molecule has 0 aliphatic rings. The lowest BCUT2D eigenvalue weighted by atomic mass is 10.1. The number of para-hydroxylation sites is 3. The summed E-state index contributed by atoms with van der Waals surface area (Å²) in [7, 11) is 0. The first kappa shape index (κ1) is 19.5. The largest absolute Gasteiger partial charge is 0.485 e. The van der Waals surface area contributed by atoms with Crippen molar-refractivity contribution in [1.82, 2.24) is 10.3 Å². The van der Waals surface area contributed by atoms with E-state index in [9.17, 15) is 4.79 Å². The van der Waals surface area contributed by atoms with Crippen molar-refractivity contribution in [2.75, 3.05) is 0 Å². The van der Waals surface area contributed by atoms with Crippen molar-refractivity contribution < 1.29 is 18.4 Å². The van der Waals surface area contributed by atoms with Crippen molar-refractivity contribution in [3.05, 3.63) is 96.3 Å². The van der Waals surface area contributed by atoms with Gasteiger partial charge in [-0.3, -0.25) is 4.79 Å². The van der Waals surface area contributed by atoms with E-state index < -0.39 is 6.04 Å². The predicted octanol–water partition coefficient (Wildman–Crippen LogP) is 5.22. The Hall–Kier alpha value is -3.80. The van der Waals surface area contributed by atoms with Crippen LogP contribution in [-0.4, -0.2) is 10.9 Å². The van der Waals surface area contributed by atoms with Crippen molar-refractivity contribution in [2.24, 2.45) is 0 Å². The maximum absolute atomic E-state index is 12.5. The highest BCUT2D eigenvalue weighted by Crippen LogP contribution is 2.22. The van der Waals surface area contributed by atoms with E-state index in [2.05, 4.69) is 16.9 Å². The minimum absolute atomic E-state index is 0.205. The van der Waals surface area contributed by atoms with Gasteiger partial charge < -0.3 is 18.9 Å². The number of aromatic nitrogens is 1. The molecule has 4 aromatic rings. The summed E-state index contributed by atoms with van der Waals surface area (Å²) in [5.74, 6) is 1.63. The lowest BCUT2D eigenvalue weighted by molar-refractivity contribution is 0.0902. The van der Waals surface area contributed by atoms with Gasteiger partial charge in [0.05, 0.1) is 0 Å². The van der Waals surface area contributed by atoms with Gasteiger partial charge in [0.1, 0.15) is 29.7 Å². The number of benzene rings is 2. The van der Waals surface area contributed by atoms with Gasteiger partial charge in [0, 0.05) is 0 Å². The monoisotopic (exact) mass is 402 g/mol. The second-order valence-electron chi connectivity index (χ2n) is 6.87. The molecule has 1 atom stereocenters. The lowest BCUT2D eigenvalue weighted by Gasteiger charge is -2.09. The molecule has 0 saturated carbocycles. The van der Waals surface area contributed by atoms with Crippen LogP contribution in [0.5, 0.6) is 5.75 Å². The zero-order valence-electron chi connectivity index (χ0n) is 16.6. The van der Waals surface area contributed by atoms with E-state index in [0.717, 1.165) is 23.3 Å². The first-order chi connectivity index (χ1) is 14.6. The van der Waals surface area contributed by atoms with Crippen molar-refractivity contribution in [3.8, 4) is 5.75 Å². The molecule has 0 aliphatic heterocycles. The SMILES string of the molecule is C=CCc1ccccc1OCc1ccc(C(=O)NC(C)c2nc3ccccc3o2)o1. The number of rotatable bonds is 8. The lowest BCUT2D eigenvalue weighted by Crippen LogP contribution is -2.26. The number of hydrogen-bond acceptors (Lipinski definition) is 5. The molecule has 6 nitrogen and oxygen atoms in total. The molecular weight excluding hydrogens is 380 g/mol. The van der Waals surface area contributed by atoms with Gasteiger partial charge in [-0.1, -0.05) is 36.4 Å². The summed E-state index contributed by atoms with van der Waals surface area (Å²) >= 11 is 0. The van der Waals surface area contributed by atoms with Gasteiger partial charge in [0.2, 0.25) is 5.89 Å². The van der Waals surface area contributed by atoms with Crippen molar-refractivity contribution >= 4 is 17.0 Å². The summed E-state index contributed by atoms with van der Waals surface area (Å²) < 4.78 is 17.2. The molecule has 152 valence electrons. The molecule has 0 saturated heterocycles. The Kier molecular flexibility index (Phi) is 5.66. The van der Waals surface area contributed by atoms with E-state index in [1.165, 1.54) is 0 Å². The number of carbonyl (C=O) groups is 1. The minimum Gasteiger partial charge on any atom is -0.485 e. The molecule has 0 bridgehead atoms. The summed E-state index contributed by atoms with van der Waals surface area (Å²) in [6.45, 7) is 5.80. The average molecular weight is 402 g/mol. The van der Waals surface area contributed by atoms with Gasteiger partial charge in [-0.2, -0.15) is 0 Å². The second kappa shape index (κ2) is 8.69. The summed E-state index contributed by atoms with van der Waals surface area (Å²) in [6.07, 6.45) is 2.55. The number of furan rings is 1. The molecular formula is C24H22N2O4. The van der Waals surface area contributed by atoms with Crippen LogP contribution >= 0.6 is 0 Å². The van der Waals surface area contributed by atoms with Gasteiger partial charge >= 0.3 is 0 Å². The van der Waals surface area contributed by atoms with E-state index in [1.807, 2.05) is 61.5 Å². The fourth-order valence-electron chi connectivity index (χ4n) is 3.10. The highest BCUT2D eigenvalue weighted by Gasteiger charge is 2.19. The molecule has 0 fully saturated rings. The molecule has 0 spiro atoms. The molecule has 4 rings (SSSR count). The first-order valence-electron chi connectivity index (χ1n) is 9.70. The van der Waals surface area contributed by atoms with Crippen LogP contribution in [0.2, 0.25) is 0 Å². The second-order valence-corrected chi connectivity index (χ2v) is 6.87. The zero-order valence-corrected chi connectivity index (χ0v) is 16.6. The van der Waals surface area contributed by atoms with Crippen LogP contribution in [-0.2, 0) is 13.0 Å². The number of amides is 1. The maximum atomic E-state index is 12.5. The standard InChI is InChI=1S/C24H22N2O4/c1-3-8-17-9-4-6-11-20(17)28-15-18-13-14-22(29-18)23(27)25-16(2)24-26-19-10-5-7-12-21(19)30-24/h3-7,9-14,16H,1,8,15H2,2H3,(H,25,27). The van der Waals surface area contributed by atoms with Crippen molar-refractivity contribution in [1.29, 1.82) is 0 Å². The van der Waals surface area contributed by atoms with Crippen molar-refractivity contribution in [3.63, 3.8) is 0 Å². The Morgan fingerprint density at radius 1 is 1.13 bits per heavy atom. The van der Waals surface area contributed by atoms with Crippen LogP contribution < -0.4 is 10.1 Å². The highest BCUT2D eigenvalue weighted by molar-refractivity contribution is 5.91. The Bertz CT molecular complexity index is 1140. The molecule has 1 amide bonds. The fourth-order valence-corrected chi connectivity index (χ4v) is 3.10. The van der Waals surface area contributed by atoms with Gasteiger partial charge in [-0.05, 0) is 49.2 Å². The number of oxazole rings is 1. The third-order valence-corrected chi connectivity index (χ3v) is 4.62. The van der Waals surface area contributed by atoms with Crippen LogP contribution in [0.1, 0.15) is 40.7 Å². The van der Waals surface area contributed by atoms with Crippen LogP contribution in [0, 0.1) is 0 Å². The summed E-state index contributed by atoms with van der Waals surface area (Å²) in [6, 6.07) is 18.2. The quantitative estimate of drug-likeness (QED) is 0.409. The highest BCUT2D eigenvalue weighted by atomic mass is 16.5. The summed E-state index contributed by atoms with van der Waals surface area (Å²) in [4.78, 5) is 17.0. The molecule has 6 heteroatoms. The maximum Gasteiger partial charge on any atom is 0.287 e. The summed E-state index contributed by atoms with van der Waals surface area (Å²) in [5.41, 5.74) is 2.48. The van der Waals surface area contributed by atoms with E-state index in [4.69, 9.17) is 13.6 Å². The summed E-state index contributed by atoms with van der Waals surface area (Å²) in [5, 5.41) is 2.85. The van der Waals surface area contributed by atoms with Crippen LogP contribution in [0.25, 0.3) is 11.1 Å². The number of nitrogens with one attached hydrogen (secondary N) is 1. The molecule has 0 radical (unpaired) electrons. The smallest absolute Gasteiger partial charge is 0.287 e. The third-order valence-electron chi connectivity index (χ3n) is 4.62. The number of fused-ring (bicyclic) bond motifs is 1. The van der Waals surface area contributed by atoms with Crippen LogP contribution in [0.4, 0.5) is 0 Å². The predicted molar refractivity (Wildman–Crippen MR) is 113 cm³/mol. The molecule has 1 N–H and O–H groups in total. The third kappa shape index (κ3) is 4.27.